The van der Waals surface area contributed by atoms with Crippen LogP contribution >= 0.6 is 0 Å². The fourth-order valence-corrected chi connectivity index (χ4v) is 3.00. The average Bonchev–Trinajstić information content (AvgIpc) is 2.35. The minimum atomic E-state index is -3.66. The Kier molecular flexibility index (Phi) is 5.69. The lowest BCUT2D eigenvalue weighted by molar-refractivity contribution is 0.152. The lowest BCUT2D eigenvalue weighted by Crippen LogP contribution is -2.32. The minimum absolute atomic E-state index is 0.0143. The third-order valence-corrected chi connectivity index (χ3v) is 4.30. The van der Waals surface area contributed by atoms with Gasteiger partial charge in [0, 0.05) is 6.54 Å². The van der Waals surface area contributed by atoms with Crippen LogP contribution in [-0.4, -0.2) is 26.2 Å². The number of nitrogens with one attached hydrogen (secondary N) is 1. The lowest BCUT2D eigenvalue weighted by atomic mass is 10.1. The highest BCUT2D eigenvalue weighted by Gasteiger charge is 2.17. The number of aliphatic hydroxyl groups excluding tert-OH is 1. The van der Waals surface area contributed by atoms with Gasteiger partial charge in [0.05, 0.1) is 22.6 Å². The molecule has 0 amide bonds. The van der Waals surface area contributed by atoms with E-state index in [2.05, 4.69) is 4.72 Å². The summed E-state index contributed by atoms with van der Waals surface area (Å²) in [4.78, 5) is 0.103. The van der Waals surface area contributed by atoms with Gasteiger partial charge in [-0.25, -0.2) is 13.1 Å². The first-order chi connectivity index (χ1) is 9.26. The number of aryl methyl sites for hydroxylation is 1. The molecule has 20 heavy (non-hydrogen) atoms. The monoisotopic (exact) mass is 296 g/mol. The van der Waals surface area contributed by atoms with Crippen molar-refractivity contribution in [1.82, 2.24) is 4.72 Å². The van der Waals surface area contributed by atoms with Crippen molar-refractivity contribution in [2.75, 3.05) is 6.54 Å². The molecular weight excluding hydrogens is 276 g/mol. The van der Waals surface area contributed by atoms with Crippen molar-refractivity contribution >= 4 is 10.0 Å². The maximum atomic E-state index is 12.1. The summed E-state index contributed by atoms with van der Waals surface area (Å²) in [6.45, 7) is 5.59. The summed E-state index contributed by atoms with van der Waals surface area (Å²) >= 11 is 0. The number of rotatable bonds is 6. The van der Waals surface area contributed by atoms with Gasteiger partial charge in [0.1, 0.15) is 0 Å². The molecule has 5 nitrogen and oxygen atoms in total. The first-order valence-corrected chi connectivity index (χ1v) is 7.93. The summed E-state index contributed by atoms with van der Waals surface area (Å²) in [6.07, 6.45) is -0.168. The molecule has 110 valence electrons. The molecule has 0 aromatic heterocycles. The minimum Gasteiger partial charge on any atom is -0.392 e. The van der Waals surface area contributed by atoms with Gasteiger partial charge in [-0.3, -0.25) is 0 Å². The van der Waals surface area contributed by atoms with Gasteiger partial charge in [-0.1, -0.05) is 13.8 Å². The van der Waals surface area contributed by atoms with Crippen molar-refractivity contribution < 1.29 is 13.5 Å². The van der Waals surface area contributed by atoms with Crippen LogP contribution in [0.1, 0.15) is 31.4 Å². The SMILES string of the molecule is Cc1cc(S(=O)(=O)NCC(O)CC(C)C)ccc1C#N. The van der Waals surface area contributed by atoms with E-state index < -0.39 is 16.1 Å². The Morgan fingerprint density at radius 2 is 2.05 bits per heavy atom. The van der Waals surface area contributed by atoms with E-state index in [9.17, 15) is 13.5 Å². The standard InChI is InChI=1S/C14H20N2O3S/c1-10(2)6-13(17)9-16-20(18,19)14-5-4-12(8-15)11(3)7-14/h4-5,7,10,13,16-17H,6,9H2,1-3H3. The zero-order chi connectivity index (χ0) is 15.3. The molecule has 0 saturated carbocycles. The number of nitrogens with zero attached hydrogens (tertiary/aromatic N) is 1. The molecule has 6 heteroatoms. The van der Waals surface area contributed by atoms with E-state index in [4.69, 9.17) is 5.26 Å². The predicted molar refractivity (Wildman–Crippen MR) is 76.5 cm³/mol. The molecule has 0 heterocycles. The highest BCUT2D eigenvalue weighted by molar-refractivity contribution is 7.89. The van der Waals surface area contributed by atoms with Crippen LogP contribution in [0.25, 0.3) is 0 Å². The van der Waals surface area contributed by atoms with Crippen molar-refractivity contribution in [3.63, 3.8) is 0 Å². The Labute approximate surface area is 120 Å². The number of sulfonamides is 1. The molecule has 0 radical (unpaired) electrons. The summed E-state index contributed by atoms with van der Waals surface area (Å²) in [7, 11) is -3.66. The highest BCUT2D eigenvalue weighted by Crippen LogP contribution is 2.15. The Bertz CT molecular complexity index is 603. The van der Waals surface area contributed by atoms with Gasteiger partial charge >= 0.3 is 0 Å². The first-order valence-electron chi connectivity index (χ1n) is 6.44. The Morgan fingerprint density at radius 1 is 1.40 bits per heavy atom. The van der Waals surface area contributed by atoms with Crippen molar-refractivity contribution in [3.8, 4) is 6.07 Å². The molecule has 1 rings (SSSR count). The lowest BCUT2D eigenvalue weighted by Gasteiger charge is -2.14. The quantitative estimate of drug-likeness (QED) is 0.833. The second-order valence-electron chi connectivity index (χ2n) is 5.22. The topological polar surface area (TPSA) is 90.2 Å². The van der Waals surface area contributed by atoms with Crippen LogP contribution in [0.15, 0.2) is 23.1 Å². The van der Waals surface area contributed by atoms with Gasteiger partial charge in [-0.05, 0) is 43.0 Å². The number of hydrogen-bond donors (Lipinski definition) is 2. The molecule has 1 aromatic rings. The molecule has 1 aromatic carbocycles. The maximum Gasteiger partial charge on any atom is 0.240 e. The summed E-state index contributed by atoms with van der Waals surface area (Å²) in [5, 5.41) is 18.5. The van der Waals surface area contributed by atoms with Gasteiger partial charge in [-0.15, -0.1) is 0 Å². The number of nitriles is 1. The van der Waals surface area contributed by atoms with Crippen LogP contribution in [-0.2, 0) is 10.0 Å². The molecule has 0 aliphatic carbocycles. The molecule has 0 aliphatic heterocycles. The van der Waals surface area contributed by atoms with Gasteiger partial charge in [0.2, 0.25) is 10.0 Å². The fourth-order valence-electron chi connectivity index (χ4n) is 1.85. The zero-order valence-electron chi connectivity index (χ0n) is 11.9. The smallest absolute Gasteiger partial charge is 0.240 e. The van der Waals surface area contributed by atoms with E-state index in [-0.39, 0.29) is 11.4 Å². The van der Waals surface area contributed by atoms with Gasteiger partial charge < -0.3 is 5.11 Å². The Balaban J connectivity index is 2.79. The zero-order valence-corrected chi connectivity index (χ0v) is 12.7. The predicted octanol–water partition coefficient (Wildman–Crippen LogP) is 1.55. The largest absolute Gasteiger partial charge is 0.392 e. The summed E-state index contributed by atoms with van der Waals surface area (Å²) in [5.74, 6) is 0.298. The molecular formula is C14H20N2O3S. The first kappa shape index (κ1) is 16.6. The molecule has 2 N–H and O–H groups in total. The highest BCUT2D eigenvalue weighted by atomic mass is 32.2. The van der Waals surface area contributed by atoms with Crippen molar-refractivity contribution in [1.29, 1.82) is 5.26 Å². The summed E-state index contributed by atoms with van der Waals surface area (Å²) in [6, 6.07) is 6.32. The summed E-state index contributed by atoms with van der Waals surface area (Å²) in [5.41, 5.74) is 1.06. The van der Waals surface area contributed by atoms with Crippen LogP contribution < -0.4 is 4.72 Å². The van der Waals surface area contributed by atoms with E-state index >= 15 is 0 Å². The number of aliphatic hydroxyl groups is 1. The number of hydrogen-bond acceptors (Lipinski definition) is 4. The fraction of sp³-hybridized carbons (Fsp3) is 0.500. The molecule has 0 bridgehead atoms. The van der Waals surface area contributed by atoms with Crippen molar-refractivity contribution in [3.05, 3.63) is 29.3 Å². The Hall–Kier alpha value is -1.42. The Morgan fingerprint density at radius 3 is 2.55 bits per heavy atom. The van der Waals surface area contributed by atoms with E-state index in [1.54, 1.807) is 6.92 Å². The average molecular weight is 296 g/mol. The molecule has 0 fully saturated rings. The van der Waals surface area contributed by atoms with Crippen LogP contribution in [0.2, 0.25) is 0 Å². The maximum absolute atomic E-state index is 12.1. The van der Waals surface area contributed by atoms with Crippen LogP contribution in [0.4, 0.5) is 0 Å². The third-order valence-electron chi connectivity index (χ3n) is 2.88. The van der Waals surface area contributed by atoms with Crippen LogP contribution in [0, 0.1) is 24.2 Å². The number of benzene rings is 1. The van der Waals surface area contributed by atoms with Gasteiger partial charge in [-0.2, -0.15) is 5.26 Å². The normalized spacial score (nSPS) is 13.2. The third kappa shape index (κ3) is 4.60. The van der Waals surface area contributed by atoms with Crippen molar-refractivity contribution in [2.45, 2.75) is 38.2 Å². The van der Waals surface area contributed by atoms with Gasteiger partial charge in [0.25, 0.3) is 0 Å². The van der Waals surface area contributed by atoms with E-state index in [0.29, 0.717) is 23.5 Å². The molecule has 0 spiro atoms. The molecule has 1 atom stereocenters. The second kappa shape index (κ2) is 6.84. The van der Waals surface area contributed by atoms with Crippen LogP contribution in [0.5, 0.6) is 0 Å². The molecule has 1 unspecified atom stereocenters. The van der Waals surface area contributed by atoms with Crippen molar-refractivity contribution in [2.24, 2.45) is 5.92 Å². The van der Waals surface area contributed by atoms with E-state index in [0.717, 1.165) is 0 Å². The molecule has 0 saturated heterocycles. The van der Waals surface area contributed by atoms with E-state index in [1.165, 1.54) is 18.2 Å². The van der Waals surface area contributed by atoms with Crippen LogP contribution in [0.3, 0.4) is 0 Å². The van der Waals surface area contributed by atoms with Gasteiger partial charge in [0.15, 0.2) is 0 Å². The molecule has 0 aliphatic rings. The van der Waals surface area contributed by atoms with E-state index in [1.807, 2.05) is 19.9 Å². The summed E-state index contributed by atoms with van der Waals surface area (Å²) < 4.78 is 26.5. The second-order valence-corrected chi connectivity index (χ2v) is 6.99.